The fourth-order valence-electron chi connectivity index (χ4n) is 1.86. The first-order chi connectivity index (χ1) is 8.13. The second-order valence-electron chi connectivity index (χ2n) is 5.05. The van der Waals surface area contributed by atoms with Crippen LogP contribution in [0.1, 0.15) is 32.8 Å². The molecule has 0 spiro atoms. The molecule has 0 aliphatic rings. The van der Waals surface area contributed by atoms with Crippen molar-refractivity contribution in [3.05, 3.63) is 35.9 Å². The zero-order valence-corrected chi connectivity index (χ0v) is 11.4. The number of nitrogens with zero attached hydrogens (tertiary/aromatic N) is 1. The van der Waals surface area contributed by atoms with Crippen molar-refractivity contribution in [2.75, 3.05) is 13.1 Å². The zero-order valence-electron chi connectivity index (χ0n) is 11.4. The summed E-state index contributed by atoms with van der Waals surface area (Å²) in [6.07, 6.45) is 1.08. The van der Waals surface area contributed by atoms with Crippen LogP contribution in [-0.4, -0.2) is 24.0 Å². The van der Waals surface area contributed by atoms with Crippen LogP contribution in [0.5, 0.6) is 0 Å². The summed E-state index contributed by atoms with van der Waals surface area (Å²) in [4.78, 5) is 2.46. The zero-order chi connectivity index (χ0) is 12.7. The fraction of sp³-hybridized carbons (Fsp3) is 0.600. The summed E-state index contributed by atoms with van der Waals surface area (Å²) < 4.78 is 0. The van der Waals surface area contributed by atoms with Crippen molar-refractivity contribution in [1.29, 1.82) is 0 Å². The highest BCUT2D eigenvalue weighted by Crippen LogP contribution is 2.08. The standard InChI is InChI=1S/C15H26N2/c1-4-17(11-10-15(16)13(2)3)12-14-8-6-5-7-9-14/h5-9,13,15H,4,10-12,16H2,1-3H3/t15-/m1/s1. The number of hydrogen-bond donors (Lipinski definition) is 1. The first-order valence-electron chi connectivity index (χ1n) is 6.65. The molecule has 0 saturated carbocycles. The Hall–Kier alpha value is -0.860. The molecular formula is C15H26N2. The van der Waals surface area contributed by atoms with Crippen LogP contribution in [0.2, 0.25) is 0 Å². The molecule has 1 atom stereocenters. The van der Waals surface area contributed by atoms with E-state index in [4.69, 9.17) is 5.73 Å². The van der Waals surface area contributed by atoms with Crippen molar-refractivity contribution in [2.45, 2.75) is 39.8 Å². The summed E-state index contributed by atoms with van der Waals surface area (Å²) in [6.45, 7) is 9.80. The second kappa shape index (κ2) is 7.46. The maximum absolute atomic E-state index is 6.09. The first kappa shape index (κ1) is 14.2. The highest BCUT2D eigenvalue weighted by molar-refractivity contribution is 5.14. The van der Waals surface area contributed by atoms with E-state index < -0.39 is 0 Å². The Kier molecular flexibility index (Phi) is 6.23. The van der Waals surface area contributed by atoms with Gasteiger partial charge < -0.3 is 5.73 Å². The first-order valence-corrected chi connectivity index (χ1v) is 6.65. The van der Waals surface area contributed by atoms with Gasteiger partial charge in [0.1, 0.15) is 0 Å². The van der Waals surface area contributed by atoms with Crippen LogP contribution in [0.3, 0.4) is 0 Å². The van der Waals surface area contributed by atoms with Crippen LogP contribution in [0, 0.1) is 5.92 Å². The number of nitrogens with two attached hydrogens (primary N) is 1. The van der Waals surface area contributed by atoms with Crippen molar-refractivity contribution in [3.63, 3.8) is 0 Å². The lowest BCUT2D eigenvalue weighted by Gasteiger charge is -2.23. The molecule has 2 heteroatoms. The van der Waals surface area contributed by atoms with Gasteiger partial charge in [-0.15, -0.1) is 0 Å². The minimum absolute atomic E-state index is 0.319. The molecule has 0 saturated heterocycles. The summed E-state index contributed by atoms with van der Waals surface area (Å²) >= 11 is 0. The molecule has 0 unspecified atom stereocenters. The van der Waals surface area contributed by atoms with Gasteiger partial charge in [0.2, 0.25) is 0 Å². The molecule has 0 aliphatic heterocycles. The van der Waals surface area contributed by atoms with Crippen molar-refractivity contribution in [3.8, 4) is 0 Å². The lowest BCUT2D eigenvalue weighted by atomic mass is 10.0. The average Bonchev–Trinajstić information content (AvgIpc) is 2.35. The molecule has 2 nitrogen and oxygen atoms in total. The molecule has 1 aromatic carbocycles. The maximum atomic E-state index is 6.09. The largest absolute Gasteiger partial charge is 0.327 e. The molecule has 2 N–H and O–H groups in total. The monoisotopic (exact) mass is 234 g/mol. The van der Waals surface area contributed by atoms with E-state index in [2.05, 4.69) is 56.0 Å². The molecule has 0 amide bonds. The van der Waals surface area contributed by atoms with Crippen molar-refractivity contribution < 1.29 is 0 Å². The van der Waals surface area contributed by atoms with Gasteiger partial charge in [-0.3, -0.25) is 4.90 Å². The Morgan fingerprint density at radius 2 is 1.82 bits per heavy atom. The molecule has 0 aromatic heterocycles. The summed E-state index contributed by atoms with van der Waals surface area (Å²) in [5.74, 6) is 0.574. The van der Waals surface area contributed by atoms with E-state index in [0.717, 1.165) is 26.1 Å². The summed E-state index contributed by atoms with van der Waals surface area (Å²) in [6, 6.07) is 11.0. The molecule has 0 aliphatic carbocycles. The summed E-state index contributed by atoms with van der Waals surface area (Å²) in [5, 5.41) is 0. The Morgan fingerprint density at radius 1 is 1.18 bits per heavy atom. The Balaban J connectivity index is 2.39. The average molecular weight is 234 g/mol. The molecule has 96 valence electrons. The molecule has 0 fully saturated rings. The molecule has 17 heavy (non-hydrogen) atoms. The van der Waals surface area contributed by atoms with E-state index in [1.54, 1.807) is 0 Å². The van der Waals surface area contributed by atoms with E-state index in [9.17, 15) is 0 Å². The Morgan fingerprint density at radius 3 is 2.35 bits per heavy atom. The van der Waals surface area contributed by atoms with E-state index in [1.165, 1.54) is 5.56 Å². The quantitative estimate of drug-likeness (QED) is 0.786. The number of hydrogen-bond acceptors (Lipinski definition) is 2. The van der Waals surface area contributed by atoms with Gasteiger partial charge in [0, 0.05) is 12.6 Å². The molecule has 0 bridgehead atoms. The van der Waals surface area contributed by atoms with E-state index in [1.807, 2.05) is 0 Å². The van der Waals surface area contributed by atoms with Gasteiger partial charge in [-0.1, -0.05) is 51.1 Å². The van der Waals surface area contributed by atoms with Gasteiger partial charge in [-0.2, -0.15) is 0 Å². The Labute approximate surface area is 106 Å². The number of benzene rings is 1. The molecule has 0 radical (unpaired) electrons. The van der Waals surface area contributed by atoms with E-state index >= 15 is 0 Å². The van der Waals surface area contributed by atoms with Gasteiger partial charge in [0.15, 0.2) is 0 Å². The van der Waals surface area contributed by atoms with Crippen molar-refractivity contribution in [2.24, 2.45) is 11.7 Å². The van der Waals surface area contributed by atoms with Crippen LogP contribution >= 0.6 is 0 Å². The van der Waals surface area contributed by atoms with Crippen LogP contribution in [-0.2, 0) is 6.54 Å². The predicted molar refractivity (Wildman–Crippen MR) is 74.8 cm³/mol. The number of rotatable bonds is 7. The lowest BCUT2D eigenvalue weighted by molar-refractivity contribution is 0.258. The Bertz CT molecular complexity index is 295. The molecule has 0 heterocycles. The van der Waals surface area contributed by atoms with Crippen molar-refractivity contribution in [1.82, 2.24) is 4.90 Å². The van der Waals surface area contributed by atoms with Crippen LogP contribution in [0.25, 0.3) is 0 Å². The third-order valence-electron chi connectivity index (χ3n) is 3.33. The molecular weight excluding hydrogens is 208 g/mol. The van der Waals surface area contributed by atoms with Crippen LogP contribution in [0.4, 0.5) is 0 Å². The molecule has 1 aromatic rings. The van der Waals surface area contributed by atoms with Crippen molar-refractivity contribution >= 4 is 0 Å². The smallest absolute Gasteiger partial charge is 0.0233 e. The third-order valence-corrected chi connectivity index (χ3v) is 3.33. The predicted octanol–water partition coefficient (Wildman–Crippen LogP) is 2.88. The summed E-state index contributed by atoms with van der Waals surface area (Å²) in [5.41, 5.74) is 7.47. The van der Waals surface area contributed by atoms with E-state index in [-0.39, 0.29) is 0 Å². The van der Waals surface area contributed by atoms with Gasteiger partial charge in [0.05, 0.1) is 0 Å². The van der Waals surface area contributed by atoms with Gasteiger partial charge >= 0.3 is 0 Å². The molecule has 1 rings (SSSR count). The highest BCUT2D eigenvalue weighted by Gasteiger charge is 2.10. The minimum Gasteiger partial charge on any atom is -0.327 e. The van der Waals surface area contributed by atoms with Crippen LogP contribution < -0.4 is 5.73 Å². The topological polar surface area (TPSA) is 29.3 Å². The normalized spacial score (nSPS) is 13.3. The minimum atomic E-state index is 0.319. The van der Waals surface area contributed by atoms with Gasteiger partial charge in [0.25, 0.3) is 0 Å². The van der Waals surface area contributed by atoms with Gasteiger partial charge in [-0.25, -0.2) is 0 Å². The maximum Gasteiger partial charge on any atom is 0.0233 e. The summed E-state index contributed by atoms with van der Waals surface area (Å²) in [7, 11) is 0. The second-order valence-corrected chi connectivity index (χ2v) is 5.05. The van der Waals surface area contributed by atoms with Gasteiger partial charge in [-0.05, 0) is 31.0 Å². The highest BCUT2D eigenvalue weighted by atomic mass is 15.1. The lowest BCUT2D eigenvalue weighted by Crippen LogP contribution is -2.33. The van der Waals surface area contributed by atoms with E-state index in [0.29, 0.717) is 12.0 Å². The SMILES string of the molecule is CCN(CC[C@@H](N)C(C)C)Cc1ccccc1. The fourth-order valence-corrected chi connectivity index (χ4v) is 1.86. The van der Waals surface area contributed by atoms with Crippen LogP contribution in [0.15, 0.2) is 30.3 Å². The third kappa shape index (κ3) is 5.33.